The first-order chi connectivity index (χ1) is 12.6. The molecule has 26 heavy (non-hydrogen) atoms. The second-order valence-corrected chi connectivity index (χ2v) is 8.27. The minimum absolute atomic E-state index is 0.265. The summed E-state index contributed by atoms with van der Waals surface area (Å²) in [5.74, 6) is -0.150. The minimum Gasteiger partial charge on any atom is -0.478 e. The third-order valence-corrected chi connectivity index (χ3v) is 6.45. The van der Waals surface area contributed by atoms with E-state index in [9.17, 15) is 9.90 Å². The molecule has 0 aliphatic heterocycles. The fourth-order valence-electron chi connectivity index (χ4n) is 3.34. The maximum atomic E-state index is 11.3. The Bertz CT molecular complexity index is 1010. The predicted molar refractivity (Wildman–Crippen MR) is 107 cm³/mol. The highest BCUT2D eigenvalue weighted by Crippen LogP contribution is 2.40. The Morgan fingerprint density at radius 2 is 2.08 bits per heavy atom. The number of aromatic carboxylic acids is 1. The molecule has 0 amide bonds. The van der Waals surface area contributed by atoms with Crippen LogP contribution in [0.3, 0.4) is 0 Å². The number of benzene rings is 1. The molecule has 3 aromatic rings. The summed E-state index contributed by atoms with van der Waals surface area (Å²) < 4.78 is 0. The first-order valence-corrected chi connectivity index (χ1v) is 10.6. The average Bonchev–Trinajstić information content (AvgIpc) is 3.01. The molecule has 0 spiro atoms. The smallest absolute Gasteiger partial charge is 0.335 e. The van der Waals surface area contributed by atoms with Crippen LogP contribution in [0.4, 0.5) is 11.5 Å². The molecule has 0 radical (unpaired) electrons. The molecular weight excluding hydrogens is 366 g/mol. The average molecular weight is 386 g/mol. The van der Waals surface area contributed by atoms with Crippen LogP contribution in [0, 0.1) is 6.92 Å². The van der Waals surface area contributed by atoms with E-state index < -0.39 is 5.97 Å². The summed E-state index contributed by atoms with van der Waals surface area (Å²) in [6.07, 6.45) is 6.55. The van der Waals surface area contributed by atoms with Gasteiger partial charge in [-0.25, -0.2) is 14.8 Å². The fourth-order valence-corrected chi connectivity index (χ4v) is 5.02. The molecule has 0 unspecified atom stereocenters. The maximum Gasteiger partial charge on any atom is 0.335 e. The Kier molecular flexibility index (Phi) is 4.58. The number of carboxylic acid groups (broad SMARTS) is 1. The molecule has 4 rings (SSSR count). The van der Waals surface area contributed by atoms with E-state index in [0.717, 1.165) is 45.3 Å². The number of thioether (sulfide) groups is 1. The molecule has 0 saturated heterocycles. The molecule has 1 aliphatic carbocycles. The van der Waals surface area contributed by atoms with Gasteiger partial charge in [-0.3, -0.25) is 0 Å². The van der Waals surface area contributed by atoms with E-state index in [0.29, 0.717) is 0 Å². The lowest BCUT2D eigenvalue weighted by Crippen LogP contribution is -2.04. The molecule has 134 valence electrons. The molecule has 0 fully saturated rings. The van der Waals surface area contributed by atoms with Gasteiger partial charge in [0.05, 0.1) is 10.9 Å². The zero-order valence-electron chi connectivity index (χ0n) is 14.6. The Morgan fingerprint density at radius 3 is 2.85 bits per heavy atom. The van der Waals surface area contributed by atoms with E-state index in [1.54, 1.807) is 23.5 Å². The van der Waals surface area contributed by atoms with Gasteiger partial charge in [-0.2, -0.15) is 0 Å². The topological polar surface area (TPSA) is 75.1 Å². The van der Waals surface area contributed by atoms with Gasteiger partial charge < -0.3 is 10.4 Å². The SMILES string of the molecule is CSc1nc(Nc2cc(C(=O)O)ccc2C)c2c3c(sc2n1)CCCC3. The molecule has 1 aliphatic rings. The number of aromatic nitrogens is 2. The number of nitrogens with zero attached hydrogens (tertiary/aromatic N) is 2. The molecular formula is C19H19N3O2S2. The molecule has 5 nitrogen and oxygen atoms in total. The van der Waals surface area contributed by atoms with Gasteiger partial charge in [0, 0.05) is 10.6 Å². The van der Waals surface area contributed by atoms with E-state index in [2.05, 4.69) is 5.32 Å². The summed E-state index contributed by atoms with van der Waals surface area (Å²) in [5, 5.41) is 14.5. The van der Waals surface area contributed by atoms with Gasteiger partial charge in [-0.05, 0) is 62.1 Å². The van der Waals surface area contributed by atoms with Crippen LogP contribution in [-0.4, -0.2) is 27.3 Å². The summed E-state index contributed by atoms with van der Waals surface area (Å²) >= 11 is 3.28. The Hall–Kier alpha value is -2.12. The number of rotatable bonds is 4. The lowest BCUT2D eigenvalue weighted by molar-refractivity contribution is 0.0697. The number of thiophene rings is 1. The Morgan fingerprint density at radius 1 is 1.27 bits per heavy atom. The van der Waals surface area contributed by atoms with E-state index in [-0.39, 0.29) is 5.56 Å². The zero-order chi connectivity index (χ0) is 18.3. The molecule has 0 atom stereocenters. The summed E-state index contributed by atoms with van der Waals surface area (Å²) in [6.45, 7) is 1.96. The monoisotopic (exact) mass is 385 g/mol. The van der Waals surface area contributed by atoms with Crippen molar-refractivity contribution < 1.29 is 9.90 Å². The van der Waals surface area contributed by atoms with Crippen molar-refractivity contribution in [2.45, 2.75) is 37.8 Å². The van der Waals surface area contributed by atoms with Gasteiger partial charge in [0.15, 0.2) is 5.16 Å². The molecule has 2 heterocycles. The van der Waals surface area contributed by atoms with Crippen LogP contribution in [0.1, 0.15) is 39.2 Å². The molecule has 7 heteroatoms. The van der Waals surface area contributed by atoms with Gasteiger partial charge in [0.2, 0.25) is 0 Å². The van der Waals surface area contributed by atoms with Crippen LogP contribution in [-0.2, 0) is 12.8 Å². The van der Waals surface area contributed by atoms with Gasteiger partial charge in [0.25, 0.3) is 0 Å². The van der Waals surface area contributed by atoms with Crippen LogP contribution in [0.15, 0.2) is 23.4 Å². The van der Waals surface area contributed by atoms with Crippen molar-refractivity contribution in [3.63, 3.8) is 0 Å². The van der Waals surface area contributed by atoms with Crippen molar-refractivity contribution in [2.24, 2.45) is 0 Å². The van der Waals surface area contributed by atoms with Crippen molar-refractivity contribution in [1.29, 1.82) is 0 Å². The van der Waals surface area contributed by atoms with Crippen molar-refractivity contribution in [1.82, 2.24) is 9.97 Å². The lowest BCUT2D eigenvalue weighted by atomic mass is 9.97. The van der Waals surface area contributed by atoms with E-state index in [1.807, 2.05) is 19.2 Å². The predicted octanol–water partition coefficient (Wildman–Crippen LogP) is 5.04. The summed E-state index contributed by atoms with van der Waals surface area (Å²) in [5.41, 5.74) is 3.38. The number of carboxylic acids is 1. The number of nitrogens with one attached hydrogen (secondary N) is 1. The van der Waals surface area contributed by atoms with E-state index >= 15 is 0 Å². The number of hydrogen-bond donors (Lipinski definition) is 2. The summed E-state index contributed by atoms with van der Waals surface area (Å²) in [7, 11) is 0. The minimum atomic E-state index is -0.932. The highest BCUT2D eigenvalue weighted by molar-refractivity contribution is 7.98. The third kappa shape index (κ3) is 3.05. The first-order valence-electron chi connectivity index (χ1n) is 8.54. The van der Waals surface area contributed by atoms with Crippen LogP contribution in [0.5, 0.6) is 0 Å². The highest BCUT2D eigenvalue weighted by Gasteiger charge is 2.21. The standard InChI is InChI=1S/C19H19N3O2S2/c1-10-7-8-11(18(23)24)9-13(10)20-16-15-12-5-3-4-6-14(12)26-17(15)22-19(21-16)25-2/h7-9H,3-6H2,1-2H3,(H,23,24)(H,20,21,22). The van der Waals surface area contributed by atoms with Crippen molar-refractivity contribution in [3.8, 4) is 0 Å². The zero-order valence-corrected chi connectivity index (χ0v) is 16.3. The molecule has 1 aromatic carbocycles. The summed E-state index contributed by atoms with van der Waals surface area (Å²) in [6, 6.07) is 5.12. The fraction of sp³-hybridized carbons (Fsp3) is 0.316. The molecule has 0 saturated carbocycles. The normalized spacial score (nSPS) is 13.6. The van der Waals surface area contributed by atoms with Gasteiger partial charge in [-0.15, -0.1) is 11.3 Å². The van der Waals surface area contributed by atoms with E-state index in [4.69, 9.17) is 9.97 Å². The number of anilines is 2. The molecule has 2 aromatic heterocycles. The highest BCUT2D eigenvalue weighted by atomic mass is 32.2. The third-order valence-electron chi connectivity index (χ3n) is 4.71. The Labute approximate surface area is 159 Å². The second kappa shape index (κ2) is 6.89. The van der Waals surface area contributed by atoms with Crippen LogP contribution < -0.4 is 5.32 Å². The first kappa shape index (κ1) is 17.3. The van der Waals surface area contributed by atoms with Gasteiger partial charge >= 0.3 is 5.97 Å². The number of hydrogen-bond acceptors (Lipinski definition) is 6. The number of fused-ring (bicyclic) bond motifs is 3. The largest absolute Gasteiger partial charge is 0.478 e. The van der Waals surface area contributed by atoms with Crippen molar-refractivity contribution in [2.75, 3.05) is 11.6 Å². The van der Waals surface area contributed by atoms with Gasteiger partial charge in [0.1, 0.15) is 10.6 Å². The van der Waals surface area contributed by atoms with Crippen LogP contribution in [0.2, 0.25) is 0 Å². The number of aryl methyl sites for hydroxylation is 3. The summed E-state index contributed by atoms with van der Waals surface area (Å²) in [4.78, 5) is 23.2. The van der Waals surface area contributed by atoms with E-state index in [1.165, 1.54) is 35.0 Å². The molecule has 2 N–H and O–H groups in total. The lowest BCUT2D eigenvalue weighted by Gasteiger charge is -2.14. The quantitative estimate of drug-likeness (QED) is 0.484. The maximum absolute atomic E-state index is 11.3. The van der Waals surface area contributed by atoms with Crippen LogP contribution in [0.25, 0.3) is 10.2 Å². The Balaban J connectivity index is 1.87. The number of carbonyl (C=O) groups is 1. The molecule has 0 bridgehead atoms. The van der Waals surface area contributed by atoms with Crippen molar-refractivity contribution >= 4 is 50.8 Å². The van der Waals surface area contributed by atoms with Crippen molar-refractivity contribution in [3.05, 3.63) is 39.8 Å². The van der Waals surface area contributed by atoms with Crippen LogP contribution >= 0.6 is 23.1 Å². The van der Waals surface area contributed by atoms with Gasteiger partial charge in [-0.1, -0.05) is 17.8 Å². The second-order valence-electron chi connectivity index (χ2n) is 6.41.